The molecule has 0 radical (unpaired) electrons. The quantitative estimate of drug-likeness (QED) is 0.0146. The number of phosphoric ester groups is 2. The van der Waals surface area contributed by atoms with Crippen molar-refractivity contribution in [2.24, 2.45) is 0 Å². The molecule has 5 atom stereocenters. The van der Waals surface area contributed by atoms with Crippen LogP contribution in [0.4, 0.5) is 0 Å². The van der Waals surface area contributed by atoms with Gasteiger partial charge in [0.1, 0.15) is 25.4 Å². The minimum atomic E-state index is -4.96. The van der Waals surface area contributed by atoms with Gasteiger partial charge in [-0.05, 0) is 141 Å². The lowest BCUT2D eigenvalue weighted by Crippen LogP contribution is -2.30. The predicted octanol–water partition coefficient (Wildman–Crippen LogP) is 24.0. The van der Waals surface area contributed by atoms with Crippen molar-refractivity contribution in [3.8, 4) is 0 Å². The second-order valence-electron chi connectivity index (χ2n) is 26.5. The third kappa shape index (κ3) is 79.8. The van der Waals surface area contributed by atoms with Crippen LogP contribution >= 0.6 is 15.6 Å². The fourth-order valence-electron chi connectivity index (χ4n) is 10.3. The van der Waals surface area contributed by atoms with Gasteiger partial charge in [-0.2, -0.15) is 0 Å². The highest BCUT2D eigenvalue weighted by Crippen LogP contribution is 2.45. The maximum absolute atomic E-state index is 13.0. The molecule has 0 aliphatic rings. The van der Waals surface area contributed by atoms with Crippen molar-refractivity contribution < 1.29 is 75.8 Å². The number of hydrogen-bond donors (Lipinski definition) is 4. The van der Waals surface area contributed by atoms with Gasteiger partial charge in [0.2, 0.25) is 0 Å². The molecule has 598 valence electrons. The fourth-order valence-corrected chi connectivity index (χ4v) is 11.9. The second-order valence-corrected chi connectivity index (χ2v) is 29.4. The molecular formula is C87H144O16P2. The molecule has 0 aliphatic heterocycles. The van der Waals surface area contributed by atoms with Crippen LogP contribution in [-0.2, 0) is 55.8 Å². The molecule has 0 heterocycles. The molecule has 0 aromatic heterocycles. The summed E-state index contributed by atoms with van der Waals surface area (Å²) in [4.78, 5) is 58.7. The Morgan fingerprint density at radius 2 is 0.524 bits per heavy atom. The molecule has 0 aromatic carbocycles. The van der Waals surface area contributed by atoms with Gasteiger partial charge in [0, 0.05) is 19.3 Å². The van der Waals surface area contributed by atoms with Gasteiger partial charge in [-0.25, -0.2) is 9.13 Å². The minimum Gasteiger partial charge on any atom is -0.463 e. The van der Waals surface area contributed by atoms with Crippen molar-refractivity contribution in [2.45, 2.75) is 322 Å². The van der Waals surface area contributed by atoms with E-state index in [0.29, 0.717) is 25.7 Å². The number of aliphatic hydroxyl groups is 2. The molecule has 0 saturated carbocycles. The van der Waals surface area contributed by atoms with Crippen molar-refractivity contribution in [3.05, 3.63) is 170 Å². The maximum Gasteiger partial charge on any atom is 0.472 e. The number of aliphatic hydroxyl groups excluding tert-OH is 2. The molecule has 0 spiro atoms. The molecule has 0 aromatic rings. The number of phosphoric acid groups is 2. The summed E-state index contributed by atoms with van der Waals surface area (Å²) in [5.41, 5.74) is 0. The Balaban J connectivity index is 4.60. The van der Waals surface area contributed by atoms with E-state index >= 15 is 0 Å². The molecule has 18 heteroatoms. The monoisotopic (exact) mass is 1510 g/mol. The topological polar surface area (TPSA) is 231 Å². The van der Waals surface area contributed by atoms with E-state index in [1.165, 1.54) is 96.3 Å². The van der Waals surface area contributed by atoms with Crippen LogP contribution in [0.2, 0.25) is 0 Å². The van der Waals surface area contributed by atoms with Gasteiger partial charge >= 0.3 is 33.6 Å². The lowest BCUT2D eigenvalue weighted by atomic mass is 10.0. The smallest absolute Gasteiger partial charge is 0.463 e. The maximum atomic E-state index is 13.0. The Labute approximate surface area is 637 Å². The Morgan fingerprint density at radius 1 is 0.276 bits per heavy atom. The summed E-state index contributed by atoms with van der Waals surface area (Å²) in [6, 6.07) is 0. The number of rotatable bonds is 75. The van der Waals surface area contributed by atoms with Crippen molar-refractivity contribution >= 4 is 33.6 Å². The van der Waals surface area contributed by atoms with Gasteiger partial charge in [-0.15, -0.1) is 0 Å². The first kappa shape index (κ1) is 99.9. The second kappa shape index (κ2) is 78.5. The van der Waals surface area contributed by atoms with E-state index in [0.717, 1.165) is 141 Å². The average molecular weight is 1510 g/mol. The molecule has 0 fully saturated rings. The highest BCUT2D eigenvalue weighted by molar-refractivity contribution is 7.47. The van der Waals surface area contributed by atoms with Crippen LogP contribution in [0.15, 0.2) is 170 Å². The van der Waals surface area contributed by atoms with Crippen LogP contribution in [0.3, 0.4) is 0 Å². The number of hydrogen-bond acceptors (Lipinski definition) is 14. The summed E-state index contributed by atoms with van der Waals surface area (Å²) < 4.78 is 61.1. The van der Waals surface area contributed by atoms with Crippen molar-refractivity contribution in [2.75, 3.05) is 39.6 Å². The minimum absolute atomic E-state index is 0.0370. The van der Waals surface area contributed by atoms with E-state index < -0.39 is 91.5 Å². The largest absolute Gasteiger partial charge is 0.472 e. The van der Waals surface area contributed by atoms with Gasteiger partial charge in [-0.1, -0.05) is 313 Å². The third-order valence-electron chi connectivity index (χ3n) is 16.4. The van der Waals surface area contributed by atoms with Crippen molar-refractivity contribution in [1.29, 1.82) is 0 Å². The Hall–Kier alpha value is -5.09. The van der Waals surface area contributed by atoms with Crippen LogP contribution in [0.1, 0.15) is 303 Å². The summed E-state index contributed by atoms with van der Waals surface area (Å²) in [6.45, 7) is 2.32. The number of ether oxygens (including phenoxy) is 3. The summed E-state index contributed by atoms with van der Waals surface area (Å²) >= 11 is 0. The number of carbonyl (C=O) groups is 3. The van der Waals surface area contributed by atoms with E-state index in [-0.39, 0.29) is 19.3 Å². The molecule has 4 N–H and O–H groups in total. The van der Waals surface area contributed by atoms with Crippen molar-refractivity contribution in [1.82, 2.24) is 0 Å². The fraction of sp³-hybridized carbons (Fsp3) is 0.644. The van der Waals surface area contributed by atoms with Gasteiger partial charge in [0.25, 0.3) is 0 Å². The van der Waals surface area contributed by atoms with E-state index in [4.69, 9.17) is 32.3 Å². The lowest BCUT2D eigenvalue weighted by molar-refractivity contribution is -0.161. The van der Waals surface area contributed by atoms with E-state index in [9.17, 15) is 43.5 Å². The number of esters is 3. The molecule has 16 nitrogen and oxygen atoms in total. The Bertz CT molecular complexity index is 2590. The van der Waals surface area contributed by atoms with Crippen LogP contribution < -0.4 is 0 Å². The molecule has 0 aliphatic carbocycles. The zero-order chi connectivity index (χ0) is 76.6. The summed E-state index contributed by atoms with van der Waals surface area (Å²) in [5.74, 6) is -1.69. The first-order valence-corrected chi connectivity index (χ1v) is 43.4. The first-order chi connectivity index (χ1) is 51.2. The first-order valence-electron chi connectivity index (χ1n) is 40.4. The normalized spacial score (nSPS) is 14.8. The third-order valence-corrected chi connectivity index (χ3v) is 18.3. The summed E-state index contributed by atoms with van der Waals surface area (Å²) in [6.07, 6.45) is 99.9. The molecule has 0 amide bonds. The highest BCUT2D eigenvalue weighted by atomic mass is 31.2. The van der Waals surface area contributed by atoms with E-state index in [2.05, 4.69) is 173 Å². The molecular weight excluding hydrogens is 1360 g/mol. The predicted molar refractivity (Wildman–Crippen MR) is 435 cm³/mol. The highest BCUT2D eigenvalue weighted by Gasteiger charge is 2.29. The number of carbonyl (C=O) groups excluding carboxylic acids is 3. The Morgan fingerprint density at radius 3 is 0.857 bits per heavy atom. The van der Waals surface area contributed by atoms with Crippen molar-refractivity contribution in [3.63, 3.8) is 0 Å². The standard InChI is InChI=1S/C87H144O16P2/c1-4-7-10-13-16-19-22-25-28-31-34-35-36-37-38-39-40-41-42-43-44-45-48-50-52-55-58-61-64-67-70-73-85(90)97-76-82(88)77-99-104(93,94)100-78-83(89)79-101-105(95,96)102-81-84(103-87(92)75-72-69-66-63-60-57-54-51-47-33-30-27-24-21-18-15-12-9-6-3)80-98-86(91)74-71-68-65-62-59-56-53-49-46-32-29-26-23-20-17-14-11-8-5-2/h7-8,10-11,16-21,25-30,34-35,37-38,46-47,49,51,56,59,65,68,82-84,88-89H,4-6,9,12-15,22-24,31-33,36,39-45,48,50,52-55,57-58,60-64,66-67,69-81H2,1-3H3,(H,93,94)(H,95,96)/b10-7-,11-8-,19-16-,20-17-,21-18-,28-25-,29-26-,30-27-,35-34-,38-37-,49-46-,51-47-,59-56-,68-65-. The van der Waals surface area contributed by atoms with Gasteiger partial charge in [0.05, 0.1) is 26.4 Å². The molecule has 105 heavy (non-hydrogen) atoms. The zero-order valence-corrected chi connectivity index (χ0v) is 67.1. The average Bonchev–Trinajstić information content (AvgIpc) is 0.915. The molecule has 0 saturated heterocycles. The molecule has 0 bridgehead atoms. The summed E-state index contributed by atoms with van der Waals surface area (Å²) in [7, 11) is -9.83. The Kier molecular flexibility index (Phi) is 74.7. The van der Waals surface area contributed by atoms with Gasteiger partial charge in [-0.3, -0.25) is 32.5 Å². The van der Waals surface area contributed by atoms with Crippen LogP contribution in [0, 0.1) is 0 Å². The van der Waals surface area contributed by atoms with E-state index in [1.807, 2.05) is 18.2 Å². The summed E-state index contributed by atoms with van der Waals surface area (Å²) in [5, 5.41) is 20.7. The van der Waals surface area contributed by atoms with Crippen LogP contribution in [-0.4, -0.2) is 95.9 Å². The zero-order valence-electron chi connectivity index (χ0n) is 65.3. The van der Waals surface area contributed by atoms with Crippen LogP contribution in [0.25, 0.3) is 0 Å². The van der Waals surface area contributed by atoms with E-state index in [1.54, 1.807) is 0 Å². The molecule has 0 rings (SSSR count). The van der Waals surface area contributed by atoms with Gasteiger partial charge in [0.15, 0.2) is 6.10 Å². The molecule has 5 unspecified atom stereocenters. The SMILES string of the molecule is CC/C=C\C/C=C\C/C=C\C/C=C\C/C=C\C/C=C\CCC(=O)OCC(COP(=O)(O)OCC(O)COP(=O)(O)OCC(O)COC(=O)CCCCCCCCCCCCCCCCC/C=C\C/C=C\C/C=C\C/C=C\C/C=C\CC)OC(=O)CCCCCCCC/C=C\C/C=C\C/C=C\CCCCC. The van der Waals surface area contributed by atoms with Crippen LogP contribution in [0.5, 0.6) is 0 Å². The number of unbranched alkanes of at least 4 members (excludes halogenated alkanes) is 24. The number of allylic oxidation sites excluding steroid dienone is 28. The van der Waals surface area contributed by atoms with Gasteiger partial charge < -0.3 is 34.2 Å². The lowest BCUT2D eigenvalue weighted by Gasteiger charge is -2.21.